The molecule has 1 aliphatic heterocycles. The Morgan fingerprint density at radius 3 is 2.85 bits per heavy atom. The van der Waals surface area contributed by atoms with Gasteiger partial charge < -0.3 is 5.32 Å². The van der Waals surface area contributed by atoms with Gasteiger partial charge in [0.15, 0.2) is 0 Å². The lowest BCUT2D eigenvalue weighted by Crippen LogP contribution is -2.52. The van der Waals surface area contributed by atoms with E-state index in [1.165, 1.54) is 18.4 Å². The number of piperazine rings is 1. The summed E-state index contributed by atoms with van der Waals surface area (Å²) < 4.78 is 0. The topological polar surface area (TPSA) is 15.3 Å². The Balaban J connectivity index is 2.03. The highest BCUT2D eigenvalue weighted by molar-refractivity contribution is 5.20. The Morgan fingerprint density at radius 2 is 2.15 bits per heavy atom. The van der Waals surface area contributed by atoms with E-state index in [1.54, 1.807) is 0 Å². The van der Waals surface area contributed by atoms with Crippen LogP contribution >= 0.6 is 0 Å². The molecule has 1 aromatic carbocycles. The molecule has 0 radical (unpaired) electrons. The highest BCUT2D eigenvalue weighted by Gasteiger charge is 2.27. The van der Waals surface area contributed by atoms with Crippen LogP contribution in [0.2, 0.25) is 0 Å². The van der Waals surface area contributed by atoms with Gasteiger partial charge in [-0.1, -0.05) is 43.7 Å². The molecule has 2 unspecified atom stereocenters. The molecule has 1 N–H and O–H groups in total. The van der Waals surface area contributed by atoms with Gasteiger partial charge in [-0.2, -0.15) is 0 Å². The first-order valence-corrected chi connectivity index (χ1v) is 7.81. The lowest BCUT2D eigenvalue weighted by molar-refractivity contribution is 0.125. The second-order valence-electron chi connectivity index (χ2n) is 5.62. The van der Waals surface area contributed by atoms with Crippen LogP contribution in [0.25, 0.3) is 0 Å². The Kier molecular flexibility index (Phi) is 6.11. The fraction of sp³-hybridized carbons (Fsp3) is 0.556. The number of hydrogen-bond acceptors (Lipinski definition) is 2. The first kappa shape index (κ1) is 15.1. The maximum Gasteiger partial charge on any atom is 0.0473 e. The van der Waals surface area contributed by atoms with Crippen LogP contribution in [-0.2, 0) is 0 Å². The third-order valence-electron chi connectivity index (χ3n) is 4.08. The lowest BCUT2D eigenvalue weighted by atomic mass is 9.99. The normalized spacial score (nSPS) is 23.4. The van der Waals surface area contributed by atoms with Crippen LogP contribution in [0.15, 0.2) is 30.3 Å². The van der Waals surface area contributed by atoms with E-state index in [1.807, 2.05) is 0 Å². The molecule has 20 heavy (non-hydrogen) atoms. The Labute approximate surface area is 123 Å². The summed E-state index contributed by atoms with van der Waals surface area (Å²) in [6, 6.07) is 11.9. The van der Waals surface area contributed by atoms with Gasteiger partial charge in [-0.05, 0) is 24.9 Å². The number of nitrogens with zero attached hydrogens (tertiary/aromatic N) is 1. The van der Waals surface area contributed by atoms with Gasteiger partial charge in [0.25, 0.3) is 0 Å². The van der Waals surface area contributed by atoms with Crippen LogP contribution in [0.5, 0.6) is 0 Å². The first-order valence-electron chi connectivity index (χ1n) is 7.81. The van der Waals surface area contributed by atoms with E-state index in [0.717, 1.165) is 32.5 Å². The average Bonchev–Trinajstić information content (AvgIpc) is 2.49. The van der Waals surface area contributed by atoms with Gasteiger partial charge >= 0.3 is 0 Å². The van der Waals surface area contributed by atoms with Crippen LogP contribution in [0, 0.1) is 12.3 Å². The molecular formula is C18H26N2. The molecule has 0 bridgehead atoms. The molecule has 0 aromatic heterocycles. The van der Waals surface area contributed by atoms with Gasteiger partial charge in [-0.15, -0.1) is 12.3 Å². The van der Waals surface area contributed by atoms with E-state index in [-0.39, 0.29) is 0 Å². The number of unbranched alkanes of at least 4 members (excludes halogenated alkanes) is 1. The van der Waals surface area contributed by atoms with Crippen LogP contribution < -0.4 is 5.32 Å². The summed E-state index contributed by atoms with van der Waals surface area (Å²) in [7, 11) is 0. The minimum Gasteiger partial charge on any atom is -0.311 e. The molecule has 108 valence electrons. The van der Waals surface area contributed by atoms with E-state index >= 15 is 0 Å². The second kappa shape index (κ2) is 8.09. The summed E-state index contributed by atoms with van der Waals surface area (Å²) in [6.45, 7) is 5.54. The van der Waals surface area contributed by atoms with Crippen LogP contribution in [0.3, 0.4) is 0 Å². The van der Waals surface area contributed by atoms with Crippen molar-refractivity contribution in [2.24, 2.45) is 0 Å². The molecular weight excluding hydrogens is 244 g/mol. The van der Waals surface area contributed by atoms with Crippen molar-refractivity contribution in [1.29, 1.82) is 0 Å². The lowest BCUT2D eigenvalue weighted by Gasteiger charge is -2.40. The smallest absolute Gasteiger partial charge is 0.0473 e. The maximum atomic E-state index is 5.38. The quantitative estimate of drug-likeness (QED) is 0.631. The van der Waals surface area contributed by atoms with Crippen molar-refractivity contribution in [3.63, 3.8) is 0 Å². The van der Waals surface area contributed by atoms with Gasteiger partial charge in [0.2, 0.25) is 0 Å². The Hall–Kier alpha value is -1.30. The highest BCUT2D eigenvalue weighted by atomic mass is 15.2. The minimum atomic E-state index is 0.488. The molecule has 2 heteroatoms. The predicted molar refractivity (Wildman–Crippen MR) is 85.5 cm³/mol. The largest absolute Gasteiger partial charge is 0.311 e. The maximum absolute atomic E-state index is 5.38. The molecule has 1 aliphatic rings. The summed E-state index contributed by atoms with van der Waals surface area (Å²) in [6.07, 6.45) is 9.86. The van der Waals surface area contributed by atoms with Gasteiger partial charge in [-0.25, -0.2) is 0 Å². The van der Waals surface area contributed by atoms with Gasteiger partial charge in [0.1, 0.15) is 0 Å². The molecule has 1 fully saturated rings. The van der Waals surface area contributed by atoms with E-state index < -0.39 is 0 Å². The van der Waals surface area contributed by atoms with Crippen LogP contribution in [0.1, 0.15) is 44.2 Å². The predicted octanol–water partition coefficient (Wildman–Crippen LogP) is 3.22. The number of terminal acetylenes is 1. The average molecular weight is 270 g/mol. The SMILES string of the molecule is C#CCCCN1CC(CCC)NCC1c1ccccc1. The third kappa shape index (κ3) is 4.10. The first-order chi connectivity index (χ1) is 9.85. The summed E-state index contributed by atoms with van der Waals surface area (Å²) >= 11 is 0. The zero-order valence-corrected chi connectivity index (χ0v) is 12.5. The molecule has 2 nitrogen and oxygen atoms in total. The van der Waals surface area contributed by atoms with E-state index in [4.69, 9.17) is 6.42 Å². The summed E-state index contributed by atoms with van der Waals surface area (Å²) in [5, 5.41) is 3.71. The van der Waals surface area contributed by atoms with Crippen molar-refractivity contribution >= 4 is 0 Å². The fourth-order valence-electron chi connectivity index (χ4n) is 3.06. The number of nitrogens with one attached hydrogen (secondary N) is 1. The molecule has 0 spiro atoms. The highest BCUT2D eigenvalue weighted by Crippen LogP contribution is 2.24. The third-order valence-corrected chi connectivity index (χ3v) is 4.08. The zero-order valence-electron chi connectivity index (χ0n) is 12.5. The number of hydrogen-bond donors (Lipinski definition) is 1. The van der Waals surface area contributed by atoms with E-state index in [9.17, 15) is 0 Å². The Bertz CT molecular complexity index is 421. The number of rotatable bonds is 6. The summed E-state index contributed by atoms with van der Waals surface area (Å²) in [5.74, 6) is 2.76. The van der Waals surface area contributed by atoms with Crippen molar-refractivity contribution in [2.75, 3.05) is 19.6 Å². The zero-order chi connectivity index (χ0) is 14.2. The van der Waals surface area contributed by atoms with Gasteiger partial charge in [0, 0.05) is 31.6 Å². The van der Waals surface area contributed by atoms with Crippen molar-refractivity contribution in [3.8, 4) is 12.3 Å². The van der Waals surface area contributed by atoms with Crippen molar-refractivity contribution in [2.45, 2.75) is 44.7 Å². The number of benzene rings is 1. The Morgan fingerprint density at radius 1 is 1.35 bits per heavy atom. The van der Waals surface area contributed by atoms with Crippen molar-refractivity contribution < 1.29 is 0 Å². The molecule has 0 amide bonds. The molecule has 1 aromatic rings. The molecule has 0 aliphatic carbocycles. The second-order valence-corrected chi connectivity index (χ2v) is 5.62. The molecule has 1 saturated heterocycles. The van der Waals surface area contributed by atoms with E-state index in [0.29, 0.717) is 12.1 Å². The molecule has 0 saturated carbocycles. The van der Waals surface area contributed by atoms with Gasteiger partial charge in [0.05, 0.1) is 0 Å². The molecule has 1 heterocycles. The standard InChI is InChI=1S/C18H26N2/c1-3-5-9-13-20-15-17(10-4-2)19-14-18(20)16-11-7-6-8-12-16/h1,6-8,11-12,17-19H,4-5,9-10,13-15H2,2H3. The van der Waals surface area contributed by atoms with Crippen molar-refractivity contribution in [3.05, 3.63) is 35.9 Å². The van der Waals surface area contributed by atoms with Crippen molar-refractivity contribution in [1.82, 2.24) is 10.2 Å². The molecule has 2 rings (SSSR count). The summed E-state index contributed by atoms with van der Waals surface area (Å²) in [4.78, 5) is 2.61. The van der Waals surface area contributed by atoms with Crippen LogP contribution in [-0.4, -0.2) is 30.6 Å². The monoisotopic (exact) mass is 270 g/mol. The van der Waals surface area contributed by atoms with Gasteiger partial charge in [-0.3, -0.25) is 4.90 Å². The van der Waals surface area contributed by atoms with E-state index in [2.05, 4.69) is 53.4 Å². The minimum absolute atomic E-state index is 0.488. The fourth-order valence-corrected chi connectivity index (χ4v) is 3.06. The van der Waals surface area contributed by atoms with Crippen LogP contribution in [0.4, 0.5) is 0 Å². The summed E-state index contributed by atoms with van der Waals surface area (Å²) in [5.41, 5.74) is 1.41. The molecule has 2 atom stereocenters.